The van der Waals surface area contributed by atoms with Crippen LogP contribution < -0.4 is 15.4 Å². The summed E-state index contributed by atoms with van der Waals surface area (Å²) in [5.74, 6) is 1.61. The van der Waals surface area contributed by atoms with Gasteiger partial charge in [0.15, 0.2) is 6.10 Å². The third-order valence-electron chi connectivity index (χ3n) is 4.58. The third-order valence-corrected chi connectivity index (χ3v) is 4.58. The van der Waals surface area contributed by atoms with Gasteiger partial charge < -0.3 is 15.4 Å². The van der Waals surface area contributed by atoms with E-state index in [1.54, 1.807) is 0 Å². The predicted octanol–water partition coefficient (Wildman–Crippen LogP) is 3.42. The molecule has 1 aromatic carbocycles. The summed E-state index contributed by atoms with van der Waals surface area (Å²) in [5.41, 5.74) is 2.29. The number of ether oxygens (including phenoxy) is 1. The van der Waals surface area contributed by atoms with E-state index in [0.29, 0.717) is 11.8 Å². The zero-order chi connectivity index (χ0) is 17.0. The molecule has 24 heavy (non-hydrogen) atoms. The number of rotatable bonds is 5. The van der Waals surface area contributed by atoms with Gasteiger partial charge in [0.2, 0.25) is 0 Å². The Kier molecular flexibility index (Phi) is 8.04. The van der Waals surface area contributed by atoms with Crippen LogP contribution in [0.4, 0.5) is 0 Å². The van der Waals surface area contributed by atoms with Crippen molar-refractivity contribution in [2.24, 2.45) is 5.92 Å². The largest absolute Gasteiger partial charge is 0.481 e. The molecule has 0 aromatic heterocycles. The van der Waals surface area contributed by atoms with Crippen molar-refractivity contribution in [3.63, 3.8) is 0 Å². The standard InChI is InChI=1S/C19H30N2O2.ClH/c1-12(2)16-7-6-13(3)10-18(16)23-15(5)19(22)21-17-8-9-20-11-14(17)4;/h6-7,10,12,14-15,17,20H,8-9,11H2,1-5H3,(H,21,22);1H. The smallest absolute Gasteiger partial charge is 0.261 e. The fourth-order valence-corrected chi connectivity index (χ4v) is 2.99. The SMILES string of the molecule is Cc1ccc(C(C)C)c(OC(C)C(=O)NC2CCNCC2C)c1.Cl. The van der Waals surface area contributed by atoms with Crippen molar-refractivity contribution < 1.29 is 9.53 Å². The van der Waals surface area contributed by atoms with Gasteiger partial charge in [0.1, 0.15) is 5.75 Å². The Morgan fingerprint density at radius 1 is 1.33 bits per heavy atom. The van der Waals surface area contributed by atoms with Gasteiger partial charge in [0, 0.05) is 6.04 Å². The molecule has 0 bridgehead atoms. The van der Waals surface area contributed by atoms with Crippen molar-refractivity contribution in [3.05, 3.63) is 29.3 Å². The molecule has 1 saturated heterocycles. The molecule has 2 rings (SSSR count). The molecule has 2 N–H and O–H groups in total. The van der Waals surface area contributed by atoms with E-state index in [9.17, 15) is 4.79 Å². The molecule has 0 spiro atoms. The van der Waals surface area contributed by atoms with Crippen LogP contribution in [0.15, 0.2) is 18.2 Å². The number of piperidine rings is 1. The van der Waals surface area contributed by atoms with E-state index in [4.69, 9.17) is 4.74 Å². The molecule has 3 atom stereocenters. The Labute approximate surface area is 152 Å². The van der Waals surface area contributed by atoms with Gasteiger partial charge in [-0.1, -0.05) is 32.9 Å². The number of hydrogen-bond acceptors (Lipinski definition) is 3. The van der Waals surface area contributed by atoms with E-state index in [-0.39, 0.29) is 24.4 Å². The van der Waals surface area contributed by atoms with Crippen LogP contribution in [0.1, 0.15) is 51.2 Å². The average molecular weight is 355 g/mol. The molecule has 1 amide bonds. The molecule has 1 aliphatic heterocycles. The van der Waals surface area contributed by atoms with Gasteiger partial charge >= 0.3 is 0 Å². The van der Waals surface area contributed by atoms with Crippen molar-refractivity contribution in [1.29, 1.82) is 0 Å². The van der Waals surface area contributed by atoms with E-state index in [2.05, 4.69) is 43.5 Å². The molecule has 0 saturated carbocycles. The summed E-state index contributed by atoms with van der Waals surface area (Å²) < 4.78 is 6.00. The minimum absolute atomic E-state index is 0. The maximum atomic E-state index is 12.5. The number of hydrogen-bond donors (Lipinski definition) is 2. The topological polar surface area (TPSA) is 50.4 Å². The van der Waals surface area contributed by atoms with E-state index in [1.165, 1.54) is 0 Å². The van der Waals surface area contributed by atoms with Crippen LogP contribution >= 0.6 is 12.4 Å². The summed E-state index contributed by atoms with van der Waals surface area (Å²) in [6.07, 6.45) is 0.484. The lowest BCUT2D eigenvalue weighted by atomic mass is 9.95. The first-order valence-electron chi connectivity index (χ1n) is 8.66. The molecule has 136 valence electrons. The van der Waals surface area contributed by atoms with Gasteiger partial charge in [0.25, 0.3) is 5.91 Å². The highest BCUT2D eigenvalue weighted by Gasteiger charge is 2.25. The molecule has 1 aromatic rings. The summed E-state index contributed by atoms with van der Waals surface area (Å²) >= 11 is 0. The second kappa shape index (κ2) is 9.28. The lowest BCUT2D eigenvalue weighted by Gasteiger charge is -2.31. The van der Waals surface area contributed by atoms with Crippen molar-refractivity contribution in [1.82, 2.24) is 10.6 Å². The van der Waals surface area contributed by atoms with Gasteiger partial charge in [-0.05, 0) is 62.4 Å². The highest BCUT2D eigenvalue weighted by Crippen LogP contribution is 2.28. The van der Waals surface area contributed by atoms with Crippen molar-refractivity contribution >= 4 is 18.3 Å². The van der Waals surface area contributed by atoms with Crippen LogP contribution in [0.3, 0.4) is 0 Å². The highest BCUT2D eigenvalue weighted by atomic mass is 35.5. The van der Waals surface area contributed by atoms with Gasteiger partial charge in [-0.2, -0.15) is 0 Å². The van der Waals surface area contributed by atoms with E-state index in [1.807, 2.05) is 19.9 Å². The van der Waals surface area contributed by atoms with E-state index >= 15 is 0 Å². The van der Waals surface area contributed by atoms with Crippen LogP contribution in [-0.2, 0) is 4.79 Å². The summed E-state index contributed by atoms with van der Waals surface area (Å²) in [5, 5.41) is 6.50. The molecule has 0 aliphatic carbocycles. The molecule has 4 nitrogen and oxygen atoms in total. The van der Waals surface area contributed by atoms with Gasteiger partial charge in [-0.25, -0.2) is 0 Å². The molecular weight excluding hydrogens is 324 g/mol. The average Bonchev–Trinajstić information content (AvgIpc) is 2.49. The van der Waals surface area contributed by atoms with Crippen LogP contribution in [0.5, 0.6) is 5.75 Å². The number of amides is 1. The van der Waals surface area contributed by atoms with Crippen LogP contribution in [0.25, 0.3) is 0 Å². The Morgan fingerprint density at radius 2 is 2.04 bits per heavy atom. The van der Waals surface area contributed by atoms with Gasteiger partial charge in [0.05, 0.1) is 0 Å². The molecule has 5 heteroatoms. The van der Waals surface area contributed by atoms with Gasteiger partial charge in [-0.3, -0.25) is 4.79 Å². The van der Waals surface area contributed by atoms with E-state index < -0.39 is 6.10 Å². The van der Waals surface area contributed by atoms with Crippen LogP contribution in [0, 0.1) is 12.8 Å². The Hall–Kier alpha value is -1.26. The maximum absolute atomic E-state index is 12.5. The minimum atomic E-state index is -0.489. The summed E-state index contributed by atoms with van der Waals surface area (Å²) in [7, 11) is 0. The Balaban J connectivity index is 0.00000288. The monoisotopic (exact) mass is 354 g/mol. The first kappa shape index (κ1) is 20.8. The van der Waals surface area contributed by atoms with Crippen molar-refractivity contribution in [2.45, 2.75) is 59.1 Å². The number of carbonyl (C=O) groups excluding carboxylic acids is 1. The van der Waals surface area contributed by atoms with Crippen LogP contribution in [-0.4, -0.2) is 31.1 Å². The molecule has 1 aliphatic rings. The lowest BCUT2D eigenvalue weighted by molar-refractivity contribution is -0.128. The summed E-state index contributed by atoms with van der Waals surface area (Å²) in [6.45, 7) is 12.2. The van der Waals surface area contributed by atoms with Crippen molar-refractivity contribution in [2.75, 3.05) is 13.1 Å². The van der Waals surface area contributed by atoms with Crippen LogP contribution in [0.2, 0.25) is 0 Å². The second-order valence-electron chi connectivity index (χ2n) is 7.04. The summed E-state index contributed by atoms with van der Waals surface area (Å²) in [4.78, 5) is 12.5. The molecule has 0 radical (unpaired) electrons. The number of benzene rings is 1. The number of halogens is 1. The predicted molar refractivity (Wildman–Crippen MR) is 101 cm³/mol. The quantitative estimate of drug-likeness (QED) is 0.851. The second-order valence-corrected chi connectivity index (χ2v) is 7.04. The molecule has 3 unspecified atom stereocenters. The number of nitrogens with one attached hydrogen (secondary N) is 2. The normalized spacial score (nSPS) is 21.8. The number of aryl methyl sites for hydroxylation is 1. The lowest BCUT2D eigenvalue weighted by Crippen LogP contribution is -2.51. The number of carbonyl (C=O) groups is 1. The maximum Gasteiger partial charge on any atom is 0.261 e. The van der Waals surface area contributed by atoms with E-state index in [0.717, 1.165) is 36.4 Å². The molecule has 1 fully saturated rings. The highest BCUT2D eigenvalue weighted by molar-refractivity contribution is 5.85. The fraction of sp³-hybridized carbons (Fsp3) is 0.632. The third kappa shape index (κ3) is 5.38. The van der Waals surface area contributed by atoms with Gasteiger partial charge in [-0.15, -0.1) is 12.4 Å². The summed E-state index contributed by atoms with van der Waals surface area (Å²) in [6, 6.07) is 6.43. The van der Waals surface area contributed by atoms with Crippen molar-refractivity contribution in [3.8, 4) is 5.75 Å². The molecular formula is C19H31ClN2O2. The Bertz CT molecular complexity index is 548. The fourth-order valence-electron chi connectivity index (χ4n) is 2.99. The minimum Gasteiger partial charge on any atom is -0.481 e. The zero-order valence-electron chi connectivity index (χ0n) is 15.4. The first-order valence-corrected chi connectivity index (χ1v) is 8.66. The molecule has 1 heterocycles. The first-order chi connectivity index (χ1) is 10.9. The zero-order valence-corrected chi connectivity index (χ0v) is 16.2. The Morgan fingerprint density at radius 3 is 2.67 bits per heavy atom.